The van der Waals surface area contributed by atoms with Gasteiger partial charge in [0.2, 0.25) is 0 Å². The van der Waals surface area contributed by atoms with Crippen LogP contribution in [0.15, 0.2) is 41.5 Å². The number of hydrogen-bond donors (Lipinski definition) is 2. The number of carboxylic acids is 1. The Morgan fingerprint density at radius 1 is 0.920 bits per heavy atom. The Bertz CT molecular complexity index is 1490. The van der Waals surface area contributed by atoms with Crippen molar-refractivity contribution in [3.05, 3.63) is 47.0 Å². The molecule has 4 fully saturated rings. The van der Waals surface area contributed by atoms with Gasteiger partial charge in [-0.05, 0) is 143 Å². The summed E-state index contributed by atoms with van der Waals surface area (Å²) in [6.45, 7) is 19.4. The van der Waals surface area contributed by atoms with Gasteiger partial charge in [0, 0.05) is 17.3 Å². The number of carbonyl (C=O) groups is 3. The predicted molar refractivity (Wildman–Crippen MR) is 198 cm³/mol. The summed E-state index contributed by atoms with van der Waals surface area (Å²) in [5.74, 6) is 1.47. The third kappa shape index (κ3) is 6.32. The molecule has 0 spiro atoms. The van der Waals surface area contributed by atoms with Crippen LogP contribution in [0.3, 0.4) is 0 Å². The van der Waals surface area contributed by atoms with E-state index in [0.29, 0.717) is 35.9 Å². The molecule has 50 heavy (non-hydrogen) atoms. The molecule has 8 unspecified atom stereocenters. The van der Waals surface area contributed by atoms with Crippen LogP contribution in [0.2, 0.25) is 0 Å². The second-order valence-corrected chi connectivity index (χ2v) is 19.3. The molecule has 6 heteroatoms. The first-order chi connectivity index (χ1) is 23.5. The third-order valence-electron chi connectivity index (χ3n) is 15.3. The van der Waals surface area contributed by atoms with Crippen molar-refractivity contribution in [2.45, 2.75) is 139 Å². The number of rotatable bonds is 11. The SMILES string of the molecule is CC(C)C1=C2C3CCC4C(C)(CCC5C(C)(C)C(OC(=O)CC(C)(C)C(=O)O)CCC54C)C3CCC2(CCNCCc2ccccc2)CC1=O. The van der Waals surface area contributed by atoms with Crippen LogP contribution in [0.1, 0.15) is 132 Å². The summed E-state index contributed by atoms with van der Waals surface area (Å²) in [6.07, 6.45) is 11.4. The van der Waals surface area contributed by atoms with Crippen LogP contribution in [0, 0.1) is 56.7 Å². The zero-order valence-electron chi connectivity index (χ0n) is 32.3. The number of ether oxygens (including phenoxy) is 1. The Labute approximate surface area is 302 Å². The van der Waals surface area contributed by atoms with Gasteiger partial charge in [0.25, 0.3) is 0 Å². The van der Waals surface area contributed by atoms with Gasteiger partial charge in [-0.15, -0.1) is 0 Å². The zero-order chi connectivity index (χ0) is 36.3. The van der Waals surface area contributed by atoms with Gasteiger partial charge in [-0.1, -0.05) is 77.4 Å². The minimum absolute atomic E-state index is 0.0149. The summed E-state index contributed by atoms with van der Waals surface area (Å²) in [4.78, 5) is 38.6. The van der Waals surface area contributed by atoms with Gasteiger partial charge >= 0.3 is 11.9 Å². The number of hydrogen-bond acceptors (Lipinski definition) is 5. The molecule has 5 aliphatic carbocycles. The lowest BCUT2D eigenvalue weighted by molar-refractivity contribution is -0.213. The predicted octanol–water partition coefficient (Wildman–Crippen LogP) is 9.21. The van der Waals surface area contributed by atoms with E-state index in [9.17, 15) is 19.5 Å². The Hall–Kier alpha value is -2.47. The molecule has 2 N–H and O–H groups in total. The molecule has 0 radical (unpaired) electrons. The number of esters is 1. The third-order valence-corrected chi connectivity index (χ3v) is 15.3. The Morgan fingerprint density at radius 3 is 2.30 bits per heavy atom. The molecule has 8 atom stereocenters. The monoisotopic (exact) mass is 687 g/mol. The average molecular weight is 688 g/mol. The van der Waals surface area contributed by atoms with Crippen molar-refractivity contribution in [2.24, 2.45) is 56.7 Å². The van der Waals surface area contributed by atoms with E-state index in [1.165, 1.54) is 36.8 Å². The van der Waals surface area contributed by atoms with Crippen molar-refractivity contribution < 1.29 is 24.2 Å². The highest BCUT2D eigenvalue weighted by Crippen LogP contribution is 2.73. The number of benzene rings is 1. The zero-order valence-corrected chi connectivity index (χ0v) is 32.3. The largest absolute Gasteiger partial charge is 0.481 e. The molecule has 6 rings (SSSR count). The molecule has 0 heterocycles. The quantitative estimate of drug-likeness (QED) is 0.178. The van der Waals surface area contributed by atoms with Crippen molar-refractivity contribution in [3.8, 4) is 0 Å². The van der Waals surface area contributed by atoms with E-state index in [-0.39, 0.29) is 40.1 Å². The highest BCUT2D eigenvalue weighted by molar-refractivity contribution is 6.00. The summed E-state index contributed by atoms with van der Waals surface area (Å²) in [5.41, 5.74) is 3.19. The van der Waals surface area contributed by atoms with Gasteiger partial charge < -0.3 is 15.2 Å². The molecule has 1 aromatic rings. The molecule has 276 valence electrons. The topological polar surface area (TPSA) is 92.7 Å². The molecule has 5 aliphatic rings. The van der Waals surface area contributed by atoms with Gasteiger partial charge in [0.05, 0.1) is 11.8 Å². The molecule has 0 aromatic heterocycles. The smallest absolute Gasteiger partial charge is 0.309 e. The fourth-order valence-corrected chi connectivity index (χ4v) is 12.9. The minimum atomic E-state index is -1.14. The molecule has 0 aliphatic heterocycles. The van der Waals surface area contributed by atoms with Crippen LogP contribution >= 0.6 is 0 Å². The molecule has 4 saturated carbocycles. The summed E-state index contributed by atoms with van der Waals surface area (Å²) in [7, 11) is 0. The Kier molecular flexibility index (Phi) is 10.1. The van der Waals surface area contributed by atoms with Crippen LogP contribution < -0.4 is 5.32 Å². The second kappa shape index (κ2) is 13.5. The van der Waals surface area contributed by atoms with Crippen LogP contribution in [0.5, 0.6) is 0 Å². The van der Waals surface area contributed by atoms with Crippen LogP contribution in [0.4, 0.5) is 0 Å². The van der Waals surface area contributed by atoms with E-state index in [1.54, 1.807) is 19.4 Å². The standard InChI is InChI=1S/C44H65NO5/c1-28(2)37-32(46)26-44(23-25-45-24-19-29-12-10-9-11-13-29)22-16-31-30(38(37)44)14-15-34-42(31,7)20-17-33-41(5,6)35(18-21-43(33,34)8)50-36(47)27-40(3,4)39(48)49/h9-13,28,30-31,33-35,45H,14-27H2,1-8H3,(H,48,49). The van der Waals surface area contributed by atoms with Crippen molar-refractivity contribution in [1.82, 2.24) is 5.32 Å². The van der Waals surface area contributed by atoms with Crippen molar-refractivity contribution in [2.75, 3.05) is 13.1 Å². The maximum Gasteiger partial charge on any atom is 0.309 e. The van der Waals surface area contributed by atoms with Crippen molar-refractivity contribution >= 4 is 17.7 Å². The molecule has 0 bridgehead atoms. The number of carboxylic acid groups (broad SMARTS) is 1. The maximum absolute atomic E-state index is 13.9. The molecule has 0 saturated heterocycles. The lowest BCUT2D eigenvalue weighted by Gasteiger charge is -2.69. The van der Waals surface area contributed by atoms with E-state index in [2.05, 4.69) is 77.2 Å². The lowest BCUT2D eigenvalue weighted by atomic mass is 9.36. The fourth-order valence-electron chi connectivity index (χ4n) is 12.9. The number of ketones is 1. The number of nitrogens with one attached hydrogen (secondary N) is 1. The normalized spacial score (nSPS) is 36.3. The maximum atomic E-state index is 13.9. The summed E-state index contributed by atoms with van der Waals surface area (Å²) >= 11 is 0. The lowest BCUT2D eigenvalue weighted by Crippen LogP contribution is -2.63. The van der Waals surface area contributed by atoms with Crippen LogP contribution in [-0.4, -0.2) is 42.0 Å². The number of carbonyl (C=O) groups excluding carboxylic acids is 2. The highest BCUT2D eigenvalue weighted by atomic mass is 16.5. The fraction of sp³-hybridized carbons (Fsp3) is 0.750. The first kappa shape index (κ1) is 37.3. The minimum Gasteiger partial charge on any atom is -0.481 e. The van der Waals surface area contributed by atoms with E-state index < -0.39 is 17.4 Å². The van der Waals surface area contributed by atoms with E-state index in [1.807, 2.05) is 0 Å². The second-order valence-electron chi connectivity index (χ2n) is 19.3. The van der Waals surface area contributed by atoms with Gasteiger partial charge in [-0.3, -0.25) is 14.4 Å². The number of aliphatic carboxylic acids is 1. The van der Waals surface area contributed by atoms with E-state index in [0.717, 1.165) is 51.6 Å². The van der Waals surface area contributed by atoms with E-state index in [4.69, 9.17) is 4.74 Å². The molecule has 0 amide bonds. The summed E-state index contributed by atoms with van der Waals surface area (Å²) < 4.78 is 6.16. The number of fused-ring (bicyclic) bond motifs is 7. The van der Waals surface area contributed by atoms with Gasteiger partial charge in [0.1, 0.15) is 6.10 Å². The molecular formula is C44H65NO5. The van der Waals surface area contributed by atoms with Crippen LogP contribution in [0.25, 0.3) is 0 Å². The summed E-state index contributed by atoms with van der Waals surface area (Å²) in [6, 6.07) is 10.7. The van der Waals surface area contributed by atoms with Gasteiger partial charge in [0.15, 0.2) is 5.78 Å². The number of allylic oxidation sites excluding steroid dienone is 2. The Balaban J connectivity index is 1.19. The molecule has 1 aromatic carbocycles. The summed E-state index contributed by atoms with van der Waals surface area (Å²) in [5, 5.41) is 13.3. The van der Waals surface area contributed by atoms with Crippen LogP contribution in [-0.2, 0) is 25.5 Å². The Morgan fingerprint density at radius 2 is 1.62 bits per heavy atom. The van der Waals surface area contributed by atoms with Gasteiger partial charge in [-0.2, -0.15) is 0 Å². The van der Waals surface area contributed by atoms with Crippen molar-refractivity contribution in [1.29, 1.82) is 0 Å². The van der Waals surface area contributed by atoms with Gasteiger partial charge in [-0.25, -0.2) is 0 Å². The van der Waals surface area contributed by atoms with E-state index >= 15 is 0 Å². The number of Topliss-reactive ketones (excluding diaryl/α,β-unsaturated/α-hetero) is 1. The first-order valence-corrected chi connectivity index (χ1v) is 19.9. The molecular weight excluding hydrogens is 622 g/mol. The van der Waals surface area contributed by atoms with Crippen molar-refractivity contribution in [3.63, 3.8) is 0 Å². The molecule has 6 nitrogen and oxygen atoms in total. The average Bonchev–Trinajstić information content (AvgIpc) is 3.34. The first-order valence-electron chi connectivity index (χ1n) is 19.9. The highest BCUT2D eigenvalue weighted by Gasteiger charge is 2.66.